The lowest BCUT2D eigenvalue weighted by Gasteiger charge is -2.01. The number of carbonyl (C=O) groups excluding carboxylic acids is 1. The van der Waals surface area contributed by atoms with Crippen LogP contribution in [0.15, 0.2) is 86.4 Å². The number of carbonyl (C=O) groups is 1. The second-order valence-electron chi connectivity index (χ2n) is 5.83. The minimum atomic E-state index is 0.00451. The van der Waals surface area contributed by atoms with Crippen LogP contribution in [-0.2, 0) is 0 Å². The molecule has 0 aliphatic rings. The summed E-state index contributed by atoms with van der Waals surface area (Å²) in [4.78, 5) is 15.8. The molecule has 2 heterocycles. The number of Topliss-reactive ketones (excluding diaryl/α,β-unsaturated/α-hetero) is 1. The molecule has 7 nitrogen and oxygen atoms in total. The fourth-order valence-electron chi connectivity index (χ4n) is 2.47. The van der Waals surface area contributed by atoms with Gasteiger partial charge in [-0.3, -0.25) is 9.79 Å². The number of rotatable bonds is 6. The highest BCUT2D eigenvalue weighted by Crippen LogP contribution is 2.28. The summed E-state index contributed by atoms with van der Waals surface area (Å²) in [5, 5.41) is 13.1. The van der Waals surface area contributed by atoms with E-state index in [9.17, 15) is 4.79 Å². The predicted octanol–water partition coefficient (Wildman–Crippen LogP) is 4.36. The van der Waals surface area contributed by atoms with Crippen molar-refractivity contribution in [2.75, 3.05) is 0 Å². The molecular weight excluding hydrogens is 374 g/mol. The zero-order chi connectivity index (χ0) is 19.3. The fourth-order valence-corrected chi connectivity index (χ4v) is 3.23. The van der Waals surface area contributed by atoms with E-state index < -0.39 is 0 Å². The number of ketones is 1. The van der Waals surface area contributed by atoms with E-state index in [1.165, 1.54) is 18.7 Å². The first-order valence-electron chi connectivity index (χ1n) is 8.45. The van der Waals surface area contributed by atoms with Crippen molar-refractivity contribution in [1.29, 1.82) is 0 Å². The number of nitrogens with zero attached hydrogens (tertiary/aromatic N) is 5. The third kappa shape index (κ3) is 4.07. The molecule has 0 radical (unpaired) electrons. The highest BCUT2D eigenvalue weighted by atomic mass is 32.2. The summed E-state index contributed by atoms with van der Waals surface area (Å²) in [5.41, 5.74) is 2.18. The van der Waals surface area contributed by atoms with Crippen LogP contribution in [0.4, 0.5) is 5.69 Å². The number of para-hydroxylation sites is 1. The number of aromatic nitrogens is 4. The van der Waals surface area contributed by atoms with E-state index in [1.807, 2.05) is 48.5 Å². The SMILES string of the molecule is CC(=O)c1cccc(N=Cc2ccc(Sc3nnnn3-c3ccccc3)o2)c1. The van der Waals surface area contributed by atoms with Gasteiger partial charge in [0.2, 0.25) is 5.16 Å². The van der Waals surface area contributed by atoms with Crippen LogP contribution in [0.3, 0.4) is 0 Å². The monoisotopic (exact) mass is 389 g/mol. The number of furan rings is 1. The smallest absolute Gasteiger partial charge is 0.221 e. The van der Waals surface area contributed by atoms with Crippen molar-refractivity contribution >= 4 is 29.4 Å². The van der Waals surface area contributed by atoms with Gasteiger partial charge < -0.3 is 4.42 Å². The molecule has 0 N–H and O–H groups in total. The lowest BCUT2D eigenvalue weighted by Crippen LogP contribution is -1.97. The molecule has 4 rings (SSSR count). The van der Waals surface area contributed by atoms with E-state index in [1.54, 1.807) is 29.1 Å². The number of hydrogen-bond acceptors (Lipinski definition) is 7. The van der Waals surface area contributed by atoms with Crippen molar-refractivity contribution in [3.05, 3.63) is 78.1 Å². The minimum absolute atomic E-state index is 0.00451. The summed E-state index contributed by atoms with van der Waals surface area (Å²) in [7, 11) is 0. The Kier molecular flexibility index (Phi) is 5.11. The van der Waals surface area contributed by atoms with Gasteiger partial charge in [-0.15, -0.1) is 5.10 Å². The molecule has 2 aromatic heterocycles. The molecule has 0 aliphatic carbocycles. The Bertz CT molecular complexity index is 1130. The molecule has 0 bridgehead atoms. The minimum Gasteiger partial charge on any atom is -0.448 e. The Labute approximate surface area is 165 Å². The van der Waals surface area contributed by atoms with E-state index in [4.69, 9.17) is 4.42 Å². The normalized spacial score (nSPS) is 11.2. The van der Waals surface area contributed by atoms with Gasteiger partial charge in [-0.25, -0.2) is 0 Å². The molecular formula is C20H15N5O2S. The standard InChI is InChI=1S/C20H15N5O2S/c1-14(26)15-6-5-7-16(12-15)21-13-18-10-11-19(27-18)28-20-22-23-24-25(20)17-8-3-2-4-9-17/h2-13H,1H3. The van der Waals surface area contributed by atoms with E-state index >= 15 is 0 Å². The molecule has 138 valence electrons. The Balaban J connectivity index is 1.49. The summed E-state index contributed by atoms with van der Waals surface area (Å²) in [6, 6.07) is 20.4. The number of tetrazole rings is 1. The van der Waals surface area contributed by atoms with Gasteiger partial charge in [0.1, 0.15) is 5.76 Å². The van der Waals surface area contributed by atoms with Crippen molar-refractivity contribution in [2.24, 2.45) is 4.99 Å². The van der Waals surface area contributed by atoms with Crippen molar-refractivity contribution in [1.82, 2.24) is 20.2 Å². The maximum absolute atomic E-state index is 11.5. The molecule has 0 fully saturated rings. The van der Waals surface area contributed by atoms with Crippen molar-refractivity contribution in [3.63, 3.8) is 0 Å². The molecule has 0 atom stereocenters. The van der Waals surface area contributed by atoms with Crippen LogP contribution in [0, 0.1) is 0 Å². The molecule has 0 amide bonds. The molecule has 0 saturated heterocycles. The lowest BCUT2D eigenvalue weighted by atomic mass is 10.1. The first-order chi connectivity index (χ1) is 13.7. The maximum atomic E-state index is 11.5. The molecule has 2 aromatic carbocycles. The average Bonchev–Trinajstić information content (AvgIpc) is 3.37. The zero-order valence-electron chi connectivity index (χ0n) is 14.9. The summed E-state index contributed by atoms with van der Waals surface area (Å²) in [6.45, 7) is 1.53. The van der Waals surface area contributed by atoms with Gasteiger partial charge in [0.25, 0.3) is 0 Å². The van der Waals surface area contributed by atoms with Crippen molar-refractivity contribution < 1.29 is 9.21 Å². The van der Waals surface area contributed by atoms with Gasteiger partial charge >= 0.3 is 0 Å². The fraction of sp³-hybridized carbons (Fsp3) is 0.0500. The molecule has 0 saturated carbocycles. The van der Waals surface area contributed by atoms with Crippen LogP contribution >= 0.6 is 11.8 Å². The first-order valence-corrected chi connectivity index (χ1v) is 9.27. The molecule has 4 aromatic rings. The quantitative estimate of drug-likeness (QED) is 0.360. The highest BCUT2D eigenvalue weighted by molar-refractivity contribution is 7.99. The van der Waals surface area contributed by atoms with Gasteiger partial charge in [0.15, 0.2) is 10.9 Å². The summed E-state index contributed by atoms with van der Waals surface area (Å²) < 4.78 is 7.43. The first kappa shape index (κ1) is 17.9. The second kappa shape index (κ2) is 8.01. The molecule has 0 spiro atoms. The second-order valence-corrected chi connectivity index (χ2v) is 6.80. The summed E-state index contributed by atoms with van der Waals surface area (Å²) in [6.07, 6.45) is 1.61. The van der Waals surface area contributed by atoms with Crippen LogP contribution in [-0.4, -0.2) is 32.2 Å². The Morgan fingerprint density at radius 3 is 2.79 bits per heavy atom. The average molecular weight is 389 g/mol. The summed E-state index contributed by atoms with van der Waals surface area (Å²) in [5.74, 6) is 0.597. The number of hydrogen-bond donors (Lipinski definition) is 0. The van der Waals surface area contributed by atoms with E-state index in [2.05, 4.69) is 20.5 Å². The van der Waals surface area contributed by atoms with E-state index in [-0.39, 0.29) is 5.78 Å². The van der Waals surface area contributed by atoms with Crippen LogP contribution in [0.25, 0.3) is 5.69 Å². The largest absolute Gasteiger partial charge is 0.448 e. The van der Waals surface area contributed by atoms with E-state index in [0.29, 0.717) is 27.3 Å². The van der Waals surface area contributed by atoms with E-state index in [0.717, 1.165) is 5.69 Å². The van der Waals surface area contributed by atoms with Crippen LogP contribution in [0.1, 0.15) is 23.0 Å². The van der Waals surface area contributed by atoms with Crippen LogP contribution < -0.4 is 0 Å². The Morgan fingerprint density at radius 1 is 1.11 bits per heavy atom. The highest BCUT2D eigenvalue weighted by Gasteiger charge is 2.12. The van der Waals surface area contributed by atoms with Gasteiger partial charge in [-0.1, -0.05) is 30.3 Å². The molecule has 8 heteroatoms. The summed E-state index contributed by atoms with van der Waals surface area (Å²) >= 11 is 1.32. The topological polar surface area (TPSA) is 86.2 Å². The third-order valence-electron chi connectivity index (χ3n) is 3.83. The Hall–Kier alpha value is -3.52. The maximum Gasteiger partial charge on any atom is 0.221 e. The van der Waals surface area contributed by atoms with Gasteiger partial charge in [-0.05, 0) is 65.5 Å². The van der Waals surface area contributed by atoms with Gasteiger partial charge in [-0.2, -0.15) is 4.68 Å². The predicted molar refractivity (Wildman–Crippen MR) is 106 cm³/mol. The molecule has 0 aliphatic heterocycles. The van der Waals surface area contributed by atoms with Gasteiger partial charge in [0, 0.05) is 5.56 Å². The van der Waals surface area contributed by atoms with Crippen molar-refractivity contribution in [3.8, 4) is 5.69 Å². The Morgan fingerprint density at radius 2 is 1.96 bits per heavy atom. The van der Waals surface area contributed by atoms with Crippen LogP contribution in [0.5, 0.6) is 0 Å². The van der Waals surface area contributed by atoms with Crippen LogP contribution in [0.2, 0.25) is 0 Å². The third-order valence-corrected chi connectivity index (χ3v) is 4.69. The van der Waals surface area contributed by atoms with Crippen molar-refractivity contribution in [2.45, 2.75) is 17.2 Å². The number of benzene rings is 2. The molecule has 0 unspecified atom stereocenters. The van der Waals surface area contributed by atoms with Gasteiger partial charge in [0.05, 0.1) is 17.6 Å². The molecule has 28 heavy (non-hydrogen) atoms. The number of aliphatic imine (C=N–C) groups is 1. The zero-order valence-corrected chi connectivity index (χ0v) is 15.7. The lowest BCUT2D eigenvalue weighted by molar-refractivity contribution is 0.101.